The Morgan fingerprint density at radius 1 is 0.808 bits per heavy atom. The Hall–Kier alpha value is -3.16. The number of aliphatic hydroxyl groups is 5. The maximum absolute atomic E-state index is 10.2. The molecule has 0 radical (unpaired) electrons. The van der Waals surface area contributed by atoms with Crippen molar-refractivity contribution >= 4 is 16.8 Å². The van der Waals surface area contributed by atoms with Crippen molar-refractivity contribution in [2.75, 3.05) is 0 Å². The summed E-state index contributed by atoms with van der Waals surface area (Å²) in [5.41, 5.74) is 0.593. The zero-order valence-electron chi connectivity index (χ0n) is 13.4. The second-order valence-corrected chi connectivity index (χ2v) is 6.02. The second kappa shape index (κ2) is 5.98. The van der Waals surface area contributed by atoms with Gasteiger partial charge in [0.1, 0.15) is 5.75 Å². The van der Waals surface area contributed by atoms with Crippen LogP contribution in [0.4, 0.5) is 0 Å². The van der Waals surface area contributed by atoms with Crippen LogP contribution in [0.1, 0.15) is 5.56 Å². The zero-order valence-corrected chi connectivity index (χ0v) is 13.4. The number of rotatable bonds is 0. The van der Waals surface area contributed by atoms with Crippen LogP contribution in [0.3, 0.4) is 0 Å². The lowest BCUT2D eigenvalue weighted by Crippen LogP contribution is -2.45. The Bertz CT molecular complexity index is 973. The zero-order chi connectivity index (χ0) is 18.4. The molecule has 7 nitrogen and oxygen atoms in total. The minimum Gasteiger partial charge on any atom is -0.506 e. The molecule has 2 aliphatic rings. The SMILES string of the molecule is OC1=C(O)C(O)[C@H]2Oc3ccc4ccccc4c3C=C/C(O)=C(/O)C1O2. The van der Waals surface area contributed by atoms with Crippen molar-refractivity contribution in [3.8, 4) is 5.75 Å². The van der Waals surface area contributed by atoms with E-state index in [1.165, 1.54) is 6.08 Å². The van der Waals surface area contributed by atoms with Crippen LogP contribution in [0.5, 0.6) is 5.75 Å². The van der Waals surface area contributed by atoms with Crippen LogP contribution in [-0.4, -0.2) is 44.0 Å². The number of hydrogen-bond donors (Lipinski definition) is 5. The molecule has 2 heterocycles. The molecule has 2 aromatic rings. The summed E-state index contributed by atoms with van der Waals surface area (Å²) in [6.07, 6.45) is -1.84. The fourth-order valence-corrected chi connectivity index (χ4v) is 3.03. The first-order valence-electron chi connectivity index (χ1n) is 7.91. The third-order valence-electron chi connectivity index (χ3n) is 4.41. The highest BCUT2D eigenvalue weighted by Crippen LogP contribution is 2.35. The van der Waals surface area contributed by atoms with Crippen LogP contribution in [0, 0.1) is 0 Å². The maximum Gasteiger partial charge on any atom is 0.234 e. The predicted octanol–water partition coefficient (Wildman–Crippen LogP) is 2.99. The van der Waals surface area contributed by atoms with E-state index in [1.807, 2.05) is 30.3 Å². The molecule has 0 spiro atoms. The summed E-state index contributed by atoms with van der Waals surface area (Å²) < 4.78 is 11.1. The Morgan fingerprint density at radius 2 is 1.58 bits per heavy atom. The molecule has 0 amide bonds. The third kappa shape index (κ3) is 2.45. The van der Waals surface area contributed by atoms with Gasteiger partial charge in [0.15, 0.2) is 35.2 Å². The topological polar surface area (TPSA) is 120 Å². The van der Waals surface area contributed by atoms with Crippen LogP contribution >= 0.6 is 0 Å². The van der Waals surface area contributed by atoms with Crippen molar-refractivity contribution in [3.63, 3.8) is 0 Å². The molecule has 0 saturated carbocycles. The summed E-state index contributed by atoms with van der Waals surface area (Å²) in [4.78, 5) is 0. The molecule has 2 aliphatic heterocycles. The average molecular weight is 356 g/mol. The van der Waals surface area contributed by atoms with E-state index in [1.54, 1.807) is 12.1 Å². The van der Waals surface area contributed by atoms with Gasteiger partial charge < -0.3 is 35.0 Å². The van der Waals surface area contributed by atoms with Crippen molar-refractivity contribution in [2.45, 2.75) is 18.5 Å². The minimum absolute atomic E-state index is 0.339. The summed E-state index contributed by atoms with van der Waals surface area (Å²) in [6, 6.07) is 11.0. The van der Waals surface area contributed by atoms with Gasteiger partial charge in [-0.3, -0.25) is 0 Å². The Morgan fingerprint density at radius 3 is 2.38 bits per heavy atom. The summed E-state index contributed by atoms with van der Waals surface area (Å²) in [5.74, 6) is -2.52. The minimum atomic E-state index is -1.66. The first-order valence-corrected chi connectivity index (χ1v) is 7.91. The Balaban J connectivity index is 1.95. The van der Waals surface area contributed by atoms with Crippen LogP contribution in [-0.2, 0) is 4.74 Å². The molecule has 26 heavy (non-hydrogen) atoms. The molecule has 5 N–H and O–H groups in total. The van der Waals surface area contributed by atoms with Gasteiger partial charge in [0.05, 0.1) is 0 Å². The van der Waals surface area contributed by atoms with Crippen LogP contribution in [0.2, 0.25) is 0 Å². The highest BCUT2D eigenvalue weighted by molar-refractivity contribution is 5.93. The molecule has 4 rings (SSSR count). The van der Waals surface area contributed by atoms with Gasteiger partial charge in [-0.25, -0.2) is 0 Å². The lowest BCUT2D eigenvalue weighted by atomic mass is 10.0. The highest BCUT2D eigenvalue weighted by atomic mass is 16.7. The molecule has 2 aromatic carbocycles. The van der Waals surface area contributed by atoms with E-state index in [0.29, 0.717) is 11.3 Å². The number of aliphatic hydroxyl groups excluding tert-OH is 5. The smallest absolute Gasteiger partial charge is 0.234 e. The number of fused-ring (bicyclic) bond motifs is 5. The largest absolute Gasteiger partial charge is 0.506 e. The van der Waals surface area contributed by atoms with E-state index in [4.69, 9.17) is 9.47 Å². The van der Waals surface area contributed by atoms with Crippen LogP contribution in [0.15, 0.2) is 65.5 Å². The van der Waals surface area contributed by atoms with Gasteiger partial charge in [-0.15, -0.1) is 0 Å². The van der Waals surface area contributed by atoms with Crippen molar-refractivity contribution in [3.05, 3.63) is 71.1 Å². The number of ether oxygens (including phenoxy) is 2. The van der Waals surface area contributed by atoms with Gasteiger partial charge in [0.25, 0.3) is 0 Å². The Labute approximate surface area is 148 Å². The van der Waals surface area contributed by atoms with E-state index >= 15 is 0 Å². The van der Waals surface area contributed by atoms with Crippen LogP contribution in [0.25, 0.3) is 16.8 Å². The molecule has 0 aliphatic carbocycles. The second-order valence-electron chi connectivity index (χ2n) is 6.02. The maximum atomic E-state index is 10.2. The van der Waals surface area contributed by atoms with E-state index in [-0.39, 0.29) is 0 Å². The highest BCUT2D eigenvalue weighted by Gasteiger charge is 2.42. The van der Waals surface area contributed by atoms with Gasteiger partial charge in [0.2, 0.25) is 6.29 Å². The van der Waals surface area contributed by atoms with Crippen LogP contribution < -0.4 is 4.74 Å². The fourth-order valence-electron chi connectivity index (χ4n) is 3.03. The quantitative estimate of drug-likeness (QED) is 0.492. The molecule has 134 valence electrons. The first-order chi connectivity index (χ1) is 12.5. The number of hydrogen-bond acceptors (Lipinski definition) is 7. The Kier molecular flexibility index (Phi) is 3.75. The van der Waals surface area contributed by atoms with Gasteiger partial charge >= 0.3 is 0 Å². The van der Waals surface area contributed by atoms with Crippen molar-refractivity contribution in [1.29, 1.82) is 0 Å². The van der Waals surface area contributed by atoms with Gasteiger partial charge in [-0.1, -0.05) is 30.3 Å². The number of benzene rings is 2. The van der Waals surface area contributed by atoms with Crippen molar-refractivity contribution in [2.24, 2.45) is 0 Å². The van der Waals surface area contributed by atoms with Gasteiger partial charge in [-0.2, -0.15) is 0 Å². The molecular formula is C19H16O7. The van der Waals surface area contributed by atoms with E-state index in [9.17, 15) is 25.5 Å². The van der Waals surface area contributed by atoms with Crippen molar-refractivity contribution in [1.82, 2.24) is 0 Å². The molecule has 3 atom stereocenters. The van der Waals surface area contributed by atoms with E-state index < -0.39 is 41.5 Å². The summed E-state index contributed by atoms with van der Waals surface area (Å²) in [7, 11) is 0. The van der Waals surface area contributed by atoms with Gasteiger partial charge in [0, 0.05) is 5.56 Å². The monoisotopic (exact) mass is 356 g/mol. The fraction of sp³-hybridized carbons (Fsp3) is 0.158. The molecular weight excluding hydrogens is 340 g/mol. The first kappa shape index (κ1) is 16.3. The van der Waals surface area contributed by atoms with E-state index in [0.717, 1.165) is 10.8 Å². The molecule has 0 fully saturated rings. The predicted molar refractivity (Wildman–Crippen MR) is 92.8 cm³/mol. The normalized spacial score (nSPS) is 28.6. The molecule has 0 aromatic heterocycles. The standard InChI is InChI=1S/C19H16O7/c20-12-7-6-11-10-4-2-1-3-9(10)5-8-13(11)25-19-17(24)15(22)16(23)18(26-19)14(12)21/h1-8,17-24H/b7-6?,14-12-/t17?,18?,19-/m0/s1. The molecule has 2 bridgehead atoms. The molecule has 2 unspecified atom stereocenters. The molecule has 7 heteroatoms. The summed E-state index contributed by atoms with van der Waals surface area (Å²) >= 11 is 0. The van der Waals surface area contributed by atoms with E-state index in [2.05, 4.69) is 0 Å². The van der Waals surface area contributed by atoms with Gasteiger partial charge in [-0.05, 0) is 29.0 Å². The summed E-state index contributed by atoms with van der Waals surface area (Å²) in [5, 5.41) is 52.0. The number of allylic oxidation sites excluding steroid dienone is 1. The van der Waals surface area contributed by atoms with Crippen molar-refractivity contribution < 1.29 is 35.0 Å². The summed E-state index contributed by atoms with van der Waals surface area (Å²) in [6.45, 7) is 0. The molecule has 0 saturated heterocycles. The third-order valence-corrected chi connectivity index (χ3v) is 4.41. The average Bonchev–Trinajstić information content (AvgIpc) is 2.66. The lowest BCUT2D eigenvalue weighted by molar-refractivity contribution is -0.183. The lowest BCUT2D eigenvalue weighted by Gasteiger charge is -2.33.